The summed E-state index contributed by atoms with van der Waals surface area (Å²) in [6.45, 7) is 3.30. The average molecular weight is 272 g/mol. The summed E-state index contributed by atoms with van der Waals surface area (Å²) in [5.74, 6) is -0.190. The molecule has 1 heterocycles. The summed E-state index contributed by atoms with van der Waals surface area (Å²) < 4.78 is 1.81. The van der Waals surface area contributed by atoms with Crippen LogP contribution in [0.1, 0.15) is 29.4 Å². The van der Waals surface area contributed by atoms with Gasteiger partial charge in [0.1, 0.15) is 5.69 Å². The molecule has 2 rings (SSSR count). The zero-order chi connectivity index (χ0) is 14.4. The Morgan fingerprint density at radius 1 is 1.40 bits per heavy atom. The van der Waals surface area contributed by atoms with E-state index in [1.807, 2.05) is 28.8 Å². The van der Waals surface area contributed by atoms with Crippen LogP contribution in [-0.2, 0) is 13.0 Å². The van der Waals surface area contributed by atoms with Crippen LogP contribution in [0.25, 0.3) is 0 Å². The van der Waals surface area contributed by atoms with Gasteiger partial charge in [0.05, 0.1) is 6.33 Å². The lowest BCUT2D eigenvalue weighted by atomic mass is 10.1. The molecule has 0 saturated carbocycles. The van der Waals surface area contributed by atoms with Gasteiger partial charge in [0.2, 0.25) is 0 Å². The van der Waals surface area contributed by atoms with E-state index >= 15 is 0 Å². The molecule has 5 heteroatoms. The lowest BCUT2D eigenvalue weighted by Gasteiger charge is -2.09. The zero-order valence-electron chi connectivity index (χ0n) is 11.7. The van der Waals surface area contributed by atoms with Gasteiger partial charge in [-0.2, -0.15) is 0 Å². The lowest BCUT2D eigenvalue weighted by molar-refractivity contribution is 0.102. The third kappa shape index (κ3) is 3.45. The number of hydrogen-bond acceptors (Lipinski definition) is 3. The predicted molar refractivity (Wildman–Crippen MR) is 79.7 cm³/mol. The van der Waals surface area contributed by atoms with Gasteiger partial charge in [-0.1, -0.05) is 31.5 Å². The maximum Gasteiger partial charge on any atom is 0.275 e. The average Bonchev–Trinajstić information content (AvgIpc) is 2.90. The van der Waals surface area contributed by atoms with Gasteiger partial charge < -0.3 is 15.6 Å². The van der Waals surface area contributed by atoms with Crippen molar-refractivity contribution in [3.05, 3.63) is 48.0 Å². The summed E-state index contributed by atoms with van der Waals surface area (Å²) in [7, 11) is 0. The quantitative estimate of drug-likeness (QED) is 0.845. The number of rotatable bonds is 6. The van der Waals surface area contributed by atoms with Crippen LogP contribution in [0, 0.1) is 0 Å². The van der Waals surface area contributed by atoms with Gasteiger partial charge in [0.15, 0.2) is 0 Å². The first-order chi connectivity index (χ1) is 9.74. The number of imidazole rings is 1. The number of anilines is 1. The minimum absolute atomic E-state index is 0.190. The van der Waals surface area contributed by atoms with E-state index in [-0.39, 0.29) is 5.91 Å². The summed E-state index contributed by atoms with van der Waals surface area (Å²) in [6, 6.07) is 7.85. The number of para-hydroxylation sites is 1. The second-order valence-electron chi connectivity index (χ2n) is 4.65. The fourth-order valence-corrected chi connectivity index (χ4v) is 2.06. The number of carbonyl (C=O) groups excluding carboxylic acids is 1. The van der Waals surface area contributed by atoms with E-state index in [1.54, 1.807) is 12.5 Å². The van der Waals surface area contributed by atoms with Crippen LogP contribution in [0.4, 0.5) is 5.69 Å². The van der Waals surface area contributed by atoms with Gasteiger partial charge in [-0.25, -0.2) is 4.98 Å². The number of nitrogens with two attached hydrogens (primary N) is 1. The molecule has 0 atom stereocenters. The van der Waals surface area contributed by atoms with Crippen molar-refractivity contribution >= 4 is 11.6 Å². The van der Waals surface area contributed by atoms with Gasteiger partial charge >= 0.3 is 0 Å². The number of aryl methyl sites for hydroxylation is 1. The predicted octanol–water partition coefficient (Wildman–Crippen LogP) is 2.05. The standard InChI is InChI=1S/C15H20N4O/c1-2-5-12-6-3-4-7-13(12)18-15(20)14-10-19(9-8-16)11-17-14/h3-4,6-7,10-11H,2,5,8-9,16H2,1H3,(H,18,20). The molecule has 0 aliphatic rings. The largest absolute Gasteiger partial charge is 0.335 e. The Balaban J connectivity index is 2.10. The molecule has 1 amide bonds. The van der Waals surface area contributed by atoms with Crippen LogP contribution in [0.3, 0.4) is 0 Å². The molecule has 3 N–H and O–H groups in total. The lowest BCUT2D eigenvalue weighted by Crippen LogP contribution is -2.14. The normalized spacial score (nSPS) is 10.5. The monoisotopic (exact) mass is 272 g/mol. The molecule has 0 radical (unpaired) electrons. The Morgan fingerprint density at radius 2 is 2.20 bits per heavy atom. The molecule has 2 aromatic rings. The highest BCUT2D eigenvalue weighted by atomic mass is 16.1. The minimum atomic E-state index is -0.190. The molecular formula is C15H20N4O. The molecule has 5 nitrogen and oxygen atoms in total. The molecule has 0 aliphatic heterocycles. The third-order valence-electron chi connectivity index (χ3n) is 3.04. The highest BCUT2D eigenvalue weighted by Gasteiger charge is 2.11. The van der Waals surface area contributed by atoms with Gasteiger partial charge in [-0.3, -0.25) is 4.79 Å². The van der Waals surface area contributed by atoms with Crippen LogP contribution in [0.15, 0.2) is 36.8 Å². The Kier molecular flexibility index (Phi) is 4.90. The smallest absolute Gasteiger partial charge is 0.275 e. The van der Waals surface area contributed by atoms with Gasteiger partial charge in [-0.15, -0.1) is 0 Å². The summed E-state index contributed by atoms with van der Waals surface area (Å²) >= 11 is 0. The van der Waals surface area contributed by atoms with Crippen molar-refractivity contribution in [2.75, 3.05) is 11.9 Å². The van der Waals surface area contributed by atoms with E-state index in [2.05, 4.69) is 17.2 Å². The van der Waals surface area contributed by atoms with Crippen molar-refractivity contribution in [2.45, 2.75) is 26.3 Å². The maximum absolute atomic E-state index is 12.2. The topological polar surface area (TPSA) is 72.9 Å². The number of hydrogen-bond donors (Lipinski definition) is 2. The van der Waals surface area contributed by atoms with Crippen molar-refractivity contribution in [2.24, 2.45) is 5.73 Å². The number of amides is 1. The van der Waals surface area contributed by atoms with Crippen molar-refractivity contribution in [1.82, 2.24) is 9.55 Å². The molecule has 1 aromatic carbocycles. The number of nitrogens with zero attached hydrogens (tertiary/aromatic N) is 2. The van der Waals surface area contributed by atoms with Crippen molar-refractivity contribution in [3.8, 4) is 0 Å². The summed E-state index contributed by atoms with van der Waals surface area (Å²) in [5.41, 5.74) is 7.88. The minimum Gasteiger partial charge on any atom is -0.335 e. The molecule has 0 bridgehead atoms. The second kappa shape index (κ2) is 6.86. The number of carbonyl (C=O) groups is 1. The first kappa shape index (κ1) is 14.3. The summed E-state index contributed by atoms with van der Waals surface area (Å²) in [5, 5.41) is 2.92. The first-order valence-corrected chi connectivity index (χ1v) is 6.85. The highest BCUT2D eigenvalue weighted by molar-refractivity contribution is 6.03. The molecule has 0 unspecified atom stereocenters. The number of benzene rings is 1. The Labute approximate surface area is 118 Å². The molecule has 1 aromatic heterocycles. The van der Waals surface area contributed by atoms with E-state index in [4.69, 9.17) is 5.73 Å². The fourth-order valence-electron chi connectivity index (χ4n) is 2.06. The van der Waals surface area contributed by atoms with E-state index in [9.17, 15) is 4.79 Å². The molecular weight excluding hydrogens is 252 g/mol. The SMILES string of the molecule is CCCc1ccccc1NC(=O)c1cn(CCN)cn1. The third-order valence-corrected chi connectivity index (χ3v) is 3.04. The first-order valence-electron chi connectivity index (χ1n) is 6.85. The molecule has 0 aliphatic carbocycles. The second-order valence-corrected chi connectivity index (χ2v) is 4.65. The highest BCUT2D eigenvalue weighted by Crippen LogP contribution is 2.17. The van der Waals surface area contributed by atoms with E-state index in [1.165, 1.54) is 0 Å². The zero-order valence-corrected chi connectivity index (χ0v) is 11.7. The van der Waals surface area contributed by atoms with Crippen molar-refractivity contribution in [1.29, 1.82) is 0 Å². The Hall–Kier alpha value is -2.14. The van der Waals surface area contributed by atoms with Crippen LogP contribution < -0.4 is 11.1 Å². The van der Waals surface area contributed by atoms with Crippen molar-refractivity contribution in [3.63, 3.8) is 0 Å². The van der Waals surface area contributed by atoms with Gasteiger partial charge in [0.25, 0.3) is 5.91 Å². The molecule has 106 valence electrons. The molecule has 0 fully saturated rings. The summed E-state index contributed by atoms with van der Waals surface area (Å²) in [6.07, 6.45) is 5.32. The van der Waals surface area contributed by atoms with Crippen LogP contribution >= 0.6 is 0 Å². The van der Waals surface area contributed by atoms with E-state index in [0.29, 0.717) is 18.8 Å². The van der Waals surface area contributed by atoms with E-state index in [0.717, 1.165) is 24.1 Å². The van der Waals surface area contributed by atoms with Crippen molar-refractivity contribution < 1.29 is 4.79 Å². The maximum atomic E-state index is 12.2. The molecule has 20 heavy (non-hydrogen) atoms. The Bertz CT molecular complexity index is 577. The van der Waals surface area contributed by atoms with E-state index < -0.39 is 0 Å². The van der Waals surface area contributed by atoms with Gasteiger partial charge in [-0.05, 0) is 18.1 Å². The fraction of sp³-hybridized carbons (Fsp3) is 0.333. The number of nitrogens with one attached hydrogen (secondary N) is 1. The van der Waals surface area contributed by atoms with Gasteiger partial charge in [0, 0.05) is 25.0 Å². The van der Waals surface area contributed by atoms with Crippen LogP contribution in [0.2, 0.25) is 0 Å². The summed E-state index contributed by atoms with van der Waals surface area (Å²) in [4.78, 5) is 16.3. The molecule has 0 saturated heterocycles. The van der Waals surface area contributed by atoms with Crippen LogP contribution in [0.5, 0.6) is 0 Å². The molecule has 0 spiro atoms. The Morgan fingerprint density at radius 3 is 2.95 bits per heavy atom. The number of aromatic nitrogens is 2. The van der Waals surface area contributed by atoms with Crippen LogP contribution in [-0.4, -0.2) is 22.0 Å².